The maximum Gasteiger partial charge on any atom is 0.151 e. The minimum atomic E-state index is -2.92. The first kappa shape index (κ1) is 27.5. The Morgan fingerprint density at radius 3 is 2.56 bits per heavy atom. The van der Waals surface area contributed by atoms with E-state index in [4.69, 9.17) is 17.3 Å². The number of hydrogen-bond acceptors (Lipinski definition) is 9. The lowest BCUT2D eigenvalue weighted by molar-refractivity contribution is -0.0327. The summed E-state index contributed by atoms with van der Waals surface area (Å²) in [5, 5.41) is 11.6. The molecule has 1 aromatic carbocycles. The van der Waals surface area contributed by atoms with Gasteiger partial charge in [-0.3, -0.25) is 9.80 Å². The molecule has 0 radical (unpaired) electrons. The Hall–Kier alpha value is -3.07. The molecule has 204 valence electrons. The molecule has 0 saturated carbocycles. The lowest BCUT2D eigenvalue weighted by atomic mass is 10.0. The second-order valence-corrected chi connectivity index (χ2v) is 12.5. The topological polar surface area (TPSA) is 126 Å². The molecule has 2 aliphatic rings. The van der Waals surface area contributed by atoms with Crippen LogP contribution in [0.2, 0.25) is 5.02 Å². The maximum absolute atomic E-state index is 11.9. The van der Waals surface area contributed by atoms with Crippen molar-refractivity contribution in [3.63, 3.8) is 0 Å². The summed E-state index contributed by atoms with van der Waals surface area (Å²) in [7, 11) is -2.92. The number of rotatable bonds is 5. The fourth-order valence-corrected chi connectivity index (χ4v) is 7.18. The molecule has 0 bridgehead atoms. The molecule has 2 unspecified atom stereocenters. The summed E-state index contributed by atoms with van der Waals surface area (Å²) >= 11 is 6.71. The van der Waals surface area contributed by atoms with Crippen LogP contribution in [0.25, 0.3) is 11.3 Å². The van der Waals surface area contributed by atoms with Gasteiger partial charge in [-0.25, -0.2) is 23.4 Å². The van der Waals surface area contributed by atoms with Crippen LogP contribution >= 0.6 is 11.6 Å². The molecule has 2 saturated heterocycles. The van der Waals surface area contributed by atoms with Crippen LogP contribution in [0.4, 0.5) is 5.82 Å². The van der Waals surface area contributed by atoms with Crippen molar-refractivity contribution < 1.29 is 13.5 Å². The number of nitrogens with zero attached hydrogens (tertiary/aromatic N) is 5. The van der Waals surface area contributed by atoms with E-state index < -0.39 is 16.1 Å². The number of aryl methyl sites for hydroxylation is 1. The zero-order valence-electron chi connectivity index (χ0n) is 21.7. The first-order valence-corrected chi connectivity index (χ1v) is 15.2. The molecule has 3 aromatic rings. The van der Waals surface area contributed by atoms with Gasteiger partial charge in [0.2, 0.25) is 0 Å². The second-order valence-electron chi connectivity index (χ2n) is 9.86. The number of aliphatic hydroxyl groups is 1. The quantitative estimate of drug-likeness (QED) is 0.448. The summed E-state index contributed by atoms with van der Waals surface area (Å²) in [5.74, 6) is 7.26. The molecule has 9 nitrogen and oxygen atoms in total. The molecular weight excluding hydrogens is 536 g/mol. The van der Waals surface area contributed by atoms with Crippen LogP contribution in [0.3, 0.4) is 0 Å². The molecule has 39 heavy (non-hydrogen) atoms. The van der Waals surface area contributed by atoms with E-state index in [-0.39, 0.29) is 17.5 Å². The average Bonchev–Trinajstić information content (AvgIpc) is 3.31. The maximum atomic E-state index is 11.9. The van der Waals surface area contributed by atoms with Crippen molar-refractivity contribution in [2.45, 2.75) is 32.0 Å². The van der Waals surface area contributed by atoms with Gasteiger partial charge < -0.3 is 10.8 Å². The van der Waals surface area contributed by atoms with E-state index in [1.54, 1.807) is 18.3 Å². The number of anilines is 1. The third kappa shape index (κ3) is 6.24. The summed E-state index contributed by atoms with van der Waals surface area (Å²) in [6, 6.07) is 9.11. The molecule has 4 heterocycles. The number of benzene rings is 1. The number of nitrogen functional groups attached to an aromatic ring is 1. The van der Waals surface area contributed by atoms with Gasteiger partial charge in [0.15, 0.2) is 9.84 Å². The summed E-state index contributed by atoms with van der Waals surface area (Å²) in [4.78, 5) is 17.2. The first-order valence-electron chi connectivity index (χ1n) is 13.0. The van der Waals surface area contributed by atoms with Crippen molar-refractivity contribution in [1.29, 1.82) is 0 Å². The van der Waals surface area contributed by atoms with Crippen LogP contribution < -0.4 is 5.73 Å². The van der Waals surface area contributed by atoms with E-state index in [1.807, 2.05) is 30.0 Å². The lowest BCUT2D eigenvalue weighted by Gasteiger charge is -2.39. The van der Waals surface area contributed by atoms with Crippen LogP contribution in [0.5, 0.6) is 0 Å². The Kier molecular flexibility index (Phi) is 8.16. The van der Waals surface area contributed by atoms with Crippen molar-refractivity contribution in [3.05, 3.63) is 70.3 Å². The Morgan fingerprint density at radius 1 is 1.13 bits per heavy atom. The molecule has 5 rings (SSSR count). The van der Waals surface area contributed by atoms with Crippen molar-refractivity contribution in [3.8, 4) is 23.1 Å². The Labute approximate surface area is 234 Å². The van der Waals surface area contributed by atoms with Crippen molar-refractivity contribution >= 4 is 27.3 Å². The highest BCUT2D eigenvalue weighted by molar-refractivity contribution is 7.91. The number of aromatic nitrogens is 3. The molecule has 3 N–H and O–H groups in total. The standard InChI is InChI=1S/C28H31ClN6O3S/c1-2-25-23(6-3-19-4-8-26(30)31-16-19)27(33-18-32-25)20-5-7-22(24(29)15-20)28(36)35-12-10-34(11-13-35)21-9-14-39(37,38)17-21/h4-5,7-8,15-16,18,21,28,36H,2,9-14,17H2,1H3,(H2,30,31). The molecule has 2 aliphatic heterocycles. The van der Waals surface area contributed by atoms with E-state index in [0.717, 1.165) is 16.8 Å². The van der Waals surface area contributed by atoms with Crippen LogP contribution in [0.1, 0.15) is 42.0 Å². The number of nitrogens with two attached hydrogens (primary N) is 1. The molecular formula is C28H31ClN6O3S. The number of hydrogen-bond donors (Lipinski definition) is 2. The van der Waals surface area contributed by atoms with Gasteiger partial charge in [-0.15, -0.1) is 0 Å². The number of piperazine rings is 1. The van der Waals surface area contributed by atoms with Gasteiger partial charge >= 0.3 is 0 Å². The van der Waals surface area contributed by atoms with Crippen LogP contribution in [0, 0.1) is 11.8 Å². The van der Waals surface area contributed by atoms with E-state index in [9.17, 15) is 13.5 Å². The van der Waals surface area contributed by atoms with Gasteiger partial charge in [0, 0.05) is 60.1 Å². The molecule has 2 fully saturated rings. The Bertz CT molecular complexity index is 1510. The molecule has 0 amide bonds. The van der Waals surface area contributed by atoms with E-state index in [1.165, 1.54) is 6.33 Å². The third-order valence-electron chi connectivity index (χ3n) is 7.35. The number of pyridine rings is 1. The summed E-state index contributed by atoms with van der Waals surface area (Å²) in [6.07, 6.45) is 3.65. The lowest BCUT2D eigenvalue weighted by Crippen LogP contribution is -2.51. The van der Waals surface area contributed by atoms with Crippen LogP contribution in [-0.2, 0) is 16.3 Å². The van der Waals surface area contributed by atoms with E-state index in [2.05, 4.69) is 31.7 Å². The van der Waals surface area contributed by atoms with Gasteiger partial charge in [-0.2, -0.15) is 0 Å². The molecule has 2 aromatic heterocycles. The van der Waals surface area contributed by atoms with Crippen molar-refractivity contribution in [2.75, 3.05) is 43.4 Å². The highest BCUT2D eigenvalue weighted by Crippen LogP contribution is 2.32. The van der Waals surface area contributed by atoms with Crippen molar-refractivity contribution in [2.24, 2.45) is 0 Å². The first-order chi connectivity index (χ1) is 18.7. The fraction of sp³-hybridized carbons (Fsp3) is 0.393. The SMILES string of the molecule is CCc1ncnc(-c2ccc(C(O)N3CCN(C4CCS(=O)(=O)C4)CC3)c(Cl)c2)c1C#Cc1ccc(N)nc1. The van der Waals surface area contributed by atoms with Crippen LogP contribution in [0.15, 0.2) is 42.9 Å². The molecule has 0 aliphatic carbocycles. The minimum Gasteiger partial charge on any atom is -0.384 e. The number of halogens is 1. The van der Waals surface area contributed by atoms with E-state index >= 15 is 0 Å². The molecule has 0 spiro atoms. The largest absolute Gasteiger partial charge is 0.384 e. The van der Waals surface area contributed by atoms with Gasteiger partial charge in [0.05, 0.1) is 28.5 Å². The molecule has 2 atom stereocenters. The predicted octanol–water partition coefficient (Wildman–Crippen LogP) is 2.53. The van der Waals surface area contributed by atoms with Gasteiger partial charge in [-0.1, -0.05) is 42.5 Å². The van der Waals surface area contributed by atoms with E-state index in [0.29, 0.717) is 66.7 Å². The highest BCUT2D eigenvalue weighted by atomic mass is 35.5. The van der Waals surface area contributed by atoms with Gasteiger partial charge in [-0.05, 0) is 31.0 Å². The summed E-state index contributed by atoms with van der Waals surface area (Å²) < 4.78 is 23.7. The van der Waals surface area contributed by atoms with Crippen molar-refractivity contribution in [1.82, 2.24) is 24.8 Å². The number of aliphatic hydroxyl groups excluding tert-OH is 1. The monoisotopic (exact) mass is 566 g/mol. The molecule has 11 heteroatoms. The van der Waals surface area contributed by atoms with Gasteiger partial charge in [0.1, 0.15) is 18.4 Å². The zero-order chi connectivity index (χ0) is 27.6. The smallest absolute Gasteiger partial charge is 0.151 e. The second kappa shape index (κ2) is 11.6. The van der Waals surface area contributed by atoms with Crippen LogP contribution in [-0.4, -0.2) is 82.0 Å². The fourth-order valence-electron chi connectivity index (χ4n) is 5.15. The zero-order valence-corrected chi connectivity index (χ0v) is 23.3. The Balaban J connectivity index is 1.34. The highest BCUT2D eigenvalue weighted by Gasteiger charge is 2.35. The normalized spacial score (nSPS) is 20.3. The number of sulfone groups is 1. The van der Waals surface area contributed by atoms with Gasteiger partial charge in [0.25, 0.3) is 0 Å². The average molecular weight is 567 g/mol. The Morgan fingerprint density at radius 2 is 1.92 bits per heavy atom. The predicted molar refractivity (Wildman–Crippen MR) is 152 cm³/mol. The third-order valence-corrected chi connectivity index (χ3v) is 9.43. The minimum absolute atomic E-state index is 0.0756. The summed E-state index contributed by atoms with van der Waals surface area (Å²) in [6.45, 7) is 4.68. The summed E-state index contributed by atoms with van der Waals surface area (Å²) in [5.41, 5.74) is 10.0.